The molecule has 0 bridgehead atoms. The molecule has 0 aromatic heterocycles. The molecule has 2 atom stereocenters. The summed E-state index contributed by atoms with van der Waals surface area (Å²) in [4.78, 5) is 2.53. The number of azide groups is 1. The van der Waals surface area contributed by atoms with E-state index in [4.69, 9.17) is 10.3 Å². The van der Waals surface area contributed by atoms with Crippen LogP contribution in [0.4, 0.5) is 0 Å². The third-order valence-electron chi connectivity index (χ3n) is 2.35. The van der Waals surface area contributed by atoms with Crippen molar-refractivity contribution >= 4 is 0 Å². The molecule has 0 aliphatic heterocycles. The van der Waals surface area contributed by atoms with Crippen LogP contribution in [-0.2, 0) is 0 Å². The van der Waals surface area contributed by atoms with Gasteiger partial charge in [-0.1, -0.05) is 11.2 Å². The van der Waals surface area contributed by atoms with E-state index in [0.717, 1.165) is 5.56 Å². The van der Waals surface area contributed by atoms with Gasteiger partial charge in [-0.25, -0.2) is 0 Å². The highest BCUT2D eigenvalue weighted by atomic mass is 16.5. The standard InChI is InChI=1S/C11H15N3O3/c1-7-3-8(5-9(4-7)17-2)11(16)10(15)6-13-14-12/h3-5,10-11,15-16H,6H2,1-2H3. The SMILES string of the molecule is COc1cc(C)cc(C(O)C(O)CN=[N+]=[N-])c1. The van der Waals surface area contributed by atoms with Gasteiger partial charge in [-0.2, -0.15) is 0 Å². The molecule has 0 fully saturated rings. The van der Waals surface area contributed by atoms with Gasteiger partial charge in [0, 0.05) is 4.91 Å². The van der Waals surface area contributed by atoms with Crippen LogP contribution in [0.1, 0.15) is 17.2 Å². The third-order valence-corrected chi connectivity index (χ3v) is 2.35. The Balaban J connectivity index is 2.90. The van der Waals surface area contributed by atoms with E-state index in [9.17, 15) is 10.2 Å². The number of nitrogens with zero attached hydrogens (tertiary/aromatic N) is 3. The van der Waals surface area contributed by atoms with Crippen LogP contribution in [-0.4, -0.2) is 30.0 Å². The molecule has 0 aliphatic carbocycles. The zero-order valence-electron chi connectivity index (χ0n) is 9.74. The van der Waals surface area contributed by atoms with E-state index in [2.05, 4.69) is 10.0 Å². The first-order valence-electron chi connectivity index (χ1n) is 5.11. The summed E-state index contributed by atoms with van der Waals surface area (Å²) in [6.45, 7) is 1.69. The van der Waals surface area contributed by atoms with Crippen LogP contribution in [0.15, 0.2) is 23.3 Å². The second kappa shape index (κ2) is 6.10. The molecule has 1 aromatic rings. The predicted molar refractivity (Wildman–Crippen MR) is 62.7 cm³/mol. The van der Waals surface area contributed by atoms with Gasteiger partial charge >= 0.3 is 0 Å². The van der Waals surface area contributed by atoms with Gasteiger partial charge in [0.15, 0.2) is 0 Å². The summed E-state index contributed by atoms with van der Waals surface area (Å²) < 4.78 is 5.07. The maximum absolute atomic E-state index is 9.87. The van der Waals surface area contributed by atoms with Crippen LogP contribution in [0.3, 0.4) is 0 Å². The van der Waals surface area contributed by atoms with Crippen molar-refractivity contribution in [1.29, 1.82) is 0 Å². The van der Waals surface area contributed by atoms with Crippen molar-refractivity contribution in [3.05, 3.63) is 39.8 Å². The molecule has 2 unspecified atom stereocenters. The van der Waals surface area contributed by atoms with Gasteiger partial charge in [-0.3, -0.25) is 0 Å². The molecule has 6 nitrogen and oxygen atoms in total. The van der Waals surface area contributed by atoms with Crippen molar-refractivity contribution < 1.29 is 14.9 Å². The van der Waals surface area contributed by atoms with Gasteiger partial charge < -0.3 is 14.9 Å². The van der Waals surface area contributed by atoms with Gasteiger partial charge in [-0.05, 0) is 35.7 Å². The third kappa shape index (κ3) is 3.64. The highest BCUT2D eigenvalue weighted by Crippen LogP contribution is 2.24. The second-order valence-corrected chi connectivity index (χ2v) is 3.71. The van der Waals surface area contributed by atoms with Gasteiger partial charge in [0.25, 0.3) is 0 Å². The summed E-state index contributed by atoms with van der Waals surface area (Å²) in [6, 6.07) is 5.19. The molecule has 1 rings (SSSR count). The molecule has 0 spiro atoms. The minimum atomic E-state index is -1.13. The van der Waals surface area contributed by atoms with Crippen molar-refractivity contribution in [2.24, 2.45) is 5.11 Å². The molecule has 0 saturated heterocycles. The predicted octanol–water partition coefficient (Wildman–Crippen LogP) is 1.71. The Morgan fingerprint density at radius 3 is 2.71 bits per heavy atom. The lowest BCUT2D eigenvalue weighted by Crippen LogP contribution is -2.21. The molecular weight excluding hydrogens is 222 g/mol. The maximum atomic E-state index is 9.87. The molecule has 0 radical (unpaired) electrons. The Labute approximate surface area is 99.1 Å². The van der Waals surface area contributed by atoms with Gasteiger partial charge in [0.1, 0.15) is 11.9 Å². The second-order valence-electron chi connectivity index (χ2n) is 3.71. The van der Waals surface area contributed by atoms with Crippen LogP contribution in [0.25, 0.3) is 10.4 Å². The lowest BCUT2D eigenvalue weighted by Gasteiger charge is -2.17. The van der Waals surface area contributed by atoms with Gasteiger partial charge in [-0.15, -0.1) is 0 Å². The van der Waals surface area contributed by atoms with Crippen molar-refractivity contribution in [2.45, 2.75) is 19.1 Å². The molecular formula is C11H15N3O3. The minimum Gasteiger partial charge on any atom is -0.497 e. The highest BCUT2D eigenvalue weighted by molar-refractivity contribution is 5.35. The fraction of sp³-hybridized carbons (Fsp3) is 0.455. The zero-order valence-corrected chi connectivity index (χ0v) is 9.74. The molecule has 2 N–H and O–H groups in total. The largest absolute Gasteiger partial charge is 0.497 e. The summed E-state index contributed by atoms with van der Waals surface area (Å²) in [6.07, 6.45) is -2.23. The topological polar surface area (TPSA) is 98.5 Å². The molecule has 0 heterocycles. The van der Waals surface area contributed by atoms with Crippen LogP contribution >= 0.6 is 0 Å². The molecule has 0 aliphatic rings. The van der Waals surface area contributed by atoms with Crippen molar-refractivity contribution in [3.63, 3.8) is 0 Å². The molecule has 0 amide bonds. The van der Waals surface area contributed by atoms with E-state index < -0.39 is 12.2 Å². The number of hydrogen-bond acceptors (Lipinski definition) is 4. The van der Waals surface area contributed by atoms with Crippen LogP contribution in [0, 0.1) is 6.92 Å². The quantitative estimate of drug-likeness (QED) is 0.463. The first kappa shape index (κ1) is 13.3. The van der Waals surface area contributed by atoms with Crippen LogP contribution < -0.4 is 4.74 Å². The summed E-state index contributed by atoms with van der Waals surface area (Å²) in [5, 5.41) is 22.7. The lowest BCUT2D eigenvalue weighted by atomic mass is 10.0. The summed E-state index contributed by atoms with van der Waals surface area (Å²) >= 11 is 0. The fourth-order valence-corrected chi connectivity index (χ4v) is 1.51. The smallest absolute Gasteiger partial charge is 0.119 e. The summed E-state index contributed by atoms with van der Waals surface area (Å²) in [7, 11) is 1.53. The number of methoxy groups -OCH3 is 1. The van der Waals surface area contributed by atoms with Crippen molar-refractivity contribution in [1.82, 2.24) is 0 Å². The Bertz CT molecular complexity index is 430. The molecule has 0 saturated carbocycles. The maximum Gasteiger partial charge on any atom is 0.119 e. The number of aliphatic hydroxyl groups is 2. The van der Waals surface area contributed by atoms with E-state index in [0.29, 0.717) is 11.3 Å². The van der Waals surface area contributed by atoms with E-state index in [1.54, 1.807) is 12.1 Å². The van der Waals surface area contributed by atoms with Crippen molar-refractivity contribution in [2.75, 3.05) is 13.7 Å². The fourth-order valence-electron chi connectivity index (χ4n) is 1.51. The Kier molecular flexibility index (Phi) is 4.78. The first-order chi connectivity index (χ1) is 8.08. The number of hydrogen-bond donors (Lipinski definition) is 2. The Morgan fingerprint density at radius 1 is 1.41 bits per heavy atom. The van der Waals surface area contributed by atoms with Crippen LogP contribution in [0.5, 0.6) is 5.75 Å². The van der Waals surface area contributed by atoms with Crippen molar-refractivity contribution in [3.8, 4) is 5.75 Å². The highest BCUT2D eigenvalue weighted by Gasteiger charge is 2.18. The summed E-state index contributed by atoms with van der Waals surface area (Å²) in [5.41, 5.74) is 9.58. The van der Waals surface area contributed by atoms with Gasteiger partial charge in [0.2, 0.25) is 0 Å². The lowest BCUT2D eigenvalue weighted by molar-refractivity contribution is 0.0243. The average molecular weight is 237 g/mol. The Morgan fingerprint density at radius 2 is 2.12 bits per heavy atom. The number of aliphatic hydroxyl groups excluding tert-OH is 2. The van der Waals surface area contributed by atoms with E-state index in [1.807, 2.05) is 13.0 Å². The zero-order chi connectivity index (χ0) is 12.8. The molecule has 6 heteroatoms. The number of rotatable bonds is 5. The van der Waals surface area contributed by atoms with Crippen LogP contribution in [0.2, 0.25) is 0 Å². The first-order valence-corrected chi connectivity index (χ1v) is 5.11. The monoisotopic (exact) mass is 237 g/mol. The Hall–Kier alpha value is -1.75. The normalized spacial score (nSPS) is 13.6. The number of aryl methyl sites for hydroxylation is 1. The number of ether oxygens (including phenoxy) is 1. The average Bonchev–Trinajstić information content (AvgIpc) is 2.34. The molecule has 1 aromatic carbocycles. The molecule has 92 valence electrons. The van der Waals surface area contributed by atoms with E-state index in [-0.39, 0.29) is 6.54 Å². The van der Waals surface area contributed by atoms with E-state index >= 15 is 0 Å². The molecule has 17 heavy (non-hydrogen) atoms. The number of benzene rings is 1. The van der Waals surface area contributed by atoms with E-state index in [1.165, 1.54) is 7.11 Å². The summed E-state index contributed by atoms with van der Waals surface area (Å²) in [5.74, 6) is 0.607. The van der Waals surface area contributed by atoms with Gasteiger partial charge in [0.05, 0.1) is 19.8 Å². The minimum absolute atomic E-state index is 0.173.